The van der Waals surface area contributed by atoms with E-state index in [1.165, 1.54) is 0 Å². The van der Waals surface area contributed by atoms with Crippen LogP contribution in [0.3, 0.4) is 0 Å². The van der Waals surface area contributed by atoms with Gasteiger partial charge < -0.3 is 24.4 Å². The molecule has 4 rings (SSSR count). The molecule has 1 aromatic carbocycles. The average molecular weight is 342 g/mol. The molecule has 8 nitrogen and oxygen atoms in total. The number of benzene rings is 1. The van der Waals surface area contributed by atoms with E-state index in [2.05, 4.69) is 20.2 Å². The van der Waals surface area contributed by atoms with Crippen molar-refractivity contribution in [2.75, 3.05) is 31.9 Å². The van der Waals surface area contributed by atoms with Crippen LogP contribution in [0.4, 0.5) is 5.82 Å². The van der Waals surface area contributed by atoms with Crippen molar-refractivity contribution in [1.29, 1.82) is 0 Å². The average Bonchev–Trinajstić information content (AvgIpc) is 3.30. The minimum atomic E-state index is -0.128. The molecule has 0 bridgehead atoms. The highest BCUT2D eigenvalue weighted by atomic mass is 16.7. The Kier molecular flexibility index (Phi) is 4.01. The number of amides is 1. The largest absolute Gasteiger partial charge is 0.478 e. The number of fused-ring (bicyclic) bond motifs is 1. The Morgan fingerprint density at radius 2 is 2.12 bits per heavy atom. The second kappa shape index (κ2) is 6.46. The van der Waals surface area contributed by atoms with Gasteiger partial charge in [0.15, 0.2) is 17.3 Å². The summed E-state index contributed by atoms with van der Waals surface area (Å²) in [7, 11) is 1.57. The molecule has 1 atom stereocenters. The molecule has 1 saturated heterocycles. The molecule has 2 aliphatic rings. The van der Waals surface area contributed by atoms with Crippen molar-refractivity contribution < 1.29 is 19.0 Å². The smallest absolute Gasteiger partial charge is 0.257 e. The summed E-state index contributed by atoms with van der Waals surface area (Å²) in [4.78, 5) is 23.1. The number of carbonyl (C=O) groups excluding carboxylic acids is 1. The number of hydrogen-bond acceptors (Lipinski definition) is 7. The summed E-state index contributed by atoms with van der Waals surface area (Å²) >= 11 is 0. The highest BCUT2D eigenvalue weighted by Gasteiger charge is 2.28. The zero-order chi connectivity index (χ0) is 17.2. The van der Waals surface area contributed by atoms with Crippen molar-refractivity contribution in [1.82, 2.24) is 15.3 Å². The van der Waals surface area contributed by atoms with Gasteiger partial charge in [-0.1, -0.05) is 0 Å². The predicted octanol–water partition coefficient (Wildman–Crippen LogP) is 1.22. The van der Waals surface area contributed by atoms with Crippen LogP contribution in [0.2, 0.25) is 0 Å². The number of carbonyl (C=O) groups is 1. The van der Waals surface area contributed by atoms with Crippen molar-refractivity contribution in [3.05, 3.63) is 36.2 Å². The molecule has 0 unspecified atom stereocenters. The van der Waals surface area contributed by atoms with Crippen LogP contribution in [0.25, 0.3) is 0 Å². The summed E-state index contributed by atoms with van der Waals surface area (Å²) in [5.74, 6) is 2.33. The molecule has 25 heavy (non-hydrogen) atoms. The number of nitrogens with zero attached hydrogens (tertiary/aromatic N) is 3. The van der Waals surface area contributed by atoms with Gasteiger partial charge in [0.05, 0.1) is 7.11 Å². The predicted molar refractivity (Wildman–Crippen MR) is 89.2 cm³/mol. The third-order valence-electron chi connectivity index (χ3n) is 4.30. The molecule has 130 valence electrons. The normalized spacial score (nSPS) is 18.3. The van der Waals surface area contributed by atoms with E-state index >= 15 is 0 Å². The highest BCUT2D eigenvalue weighted by molar-refractivity contribution is 5.95. The summed E-state index contributed by atoms with van der Waals surface area (Å²) in [6, 6.07) is 5.23. The molecule has 0 aliphatic carbocycles. The summed E-state index contributed by atoms with van der Waals surface area (Å²) in [5, 5.41) is 3.06. The van der Waals surface area contributed by atoms with E-state index in [1.807, 2.05) is 0 Å². The Morgan fingerprint density at radius 1 is 1.28 bits per heavy atom. The molecule has 0 radical (unpaired) electrons. The number of hydrogen-bond donors (Lipinski definition) is 1. The van der Waals surface area contributed by atoms with Gasteiger partial charge in [0.2, 0.25) is 6.79 Å². The molecule has 2 aliphatic heterocycles. The van der Waals surface area contributed by atoms with Crippen LogP contribution in [0, 0.1) is 0 Å². The van der Waals surface area contributed by atoms with E-state index in [1.54, 1.807) is 37.7 Å². The van der Waals surface area contributed by atoms with Gasteiger partial charge in [-0.25, -0.2) is 9.97 Å². The lowest BCUT2D eigenvalue weighted by Crippen LogP contribution is -2.37. The van der Waals surface area contributed by atoms with E-state index in [0.717, 1.165) is 13.0 Å². The van der Waals surface area contributed by atoms with Crippen molar-refractivity contribution in [3.8, 4) is 17.4 Å². The van der Waals surface area contributed by atoms with Gasteiger partial charge in [0, 0.05) is 37.1 Å². The Bertz CT molecular complexity index is 798. The second-order valence-corrected chi connectivity index (χ2v) is 5.86. The molecule has 1 aromatic heterocycles. The van der Waals surface area contributed by atoms with E-state index in [0.29, 0.717) is 35.3 Å². The van der Waals surface area contributed by atoms with Crippen LogP contribution < -0.4 is 24.4 Å². The first kappa shape index (κ1) is 15.5. The topological polar surface area (TPSA) is 85.8 Å². The number of aromatic nitrogens is 2. The maximum Gasteiger partial charge on any atom is 0.257 e. The van der Waals surface area contributed by atoms with Crippen molar-refractivity contribution in [2.24, 2.45) is 0 Å². The van der Waals surface area contributed by atoms with E-state index in [4.69, 9.17) is 14.2 Å². The molecule has 3 heterocycles. The summed E-state index contributed by atoms with van der Waals surface area (Å²) in [5.41, 5.74) is 0.555. The van der Waals surface area contributed by atoms with Crippen LogP contribution in [0.1, 0.15) is 16.8 Å². The van der Waals surface area contributed by atoms with Crippen LogP contribution >= 0.6 is 0 Å². The summed E-state index contributed by atoms with van der Waals surface area (Å²) in [6.07, 6.45) is 4.06. The number of methoxy groups -OCH3 is 1. The van der Waals surface area contributed by atoms with Gasteiger partial charge in [0.25, 0.3) is 11.8 Å². The number of nitrogens with one attached hydrogen (secondary N) is 1. The van der Waals surface area contributed by atoms with Crippen LogP contribution in [0.15, 0.2) is 30.6 Å². The Labute approximate surface area is 144 Å². The molecule has 0 saturated carbocycles. The second-order valence-electron chi connectivity index (χ2n) is 5.86. The van der Waals surface area contributed by atoms with Crippen LogP contribution in [-0.4, -0.2) is 48.9 Å². The summed E-state index contributed by atoms with van der Waals surface area (Å²) in [6.45, 7) is 1.63. The molecule has 1 N–H and O–H groups in total. The number of anilines is 1. The fourth-order valence-electron chi connectivity index (χ4n) is 3.06. The number of ether oxygens (including phenoxy) is 3. The molecular weight excluding hydrogens is 324 g/mol. The fourth-order valence-corrected chi connectivity index (χ4v) is 3.06. The molecule has 8 heteroatoms. The lowest BCUT2D eigenvalue weighted by molar-refractivity contribution is 0.0940. The maximum absolute atomic E-state index is 12.5. The Morgan fingerprint density at radius 3 is 3.00 bits per heavy atom. The lowest BCUT2D eigenvalue weighted by atomic mass is 10.1. The lowest BCUT2D eigenvalue weighted by Gasteiger charge is -2.19. The van der Waals surface area contributed by atoms with E-state index < -0.39 is 0 Å². The molecule has 1 fully saturated rings. The standard InChI is InChI=1S/C17H18N4O4/c1-23-17-15(18-5-6-19-17)21-7-4-12(9-21)20-16(22)11-2-3-13-14(8-11)25-10-24-13/h2-3,5-6,8,12H,4,7,9-10H2,1H3,(H,20,22)/t12-/m0/s1. The molecule has 2 aromatic rings. The van der Waals surface area contributed by atoms with Gasteiger partial charge in [-0.05, 0) is 24.6 Å². The summed E-state index contributed by atoms with van der Waals surface area (Å²) < 4.78 is 15.8. The first-order valence-corrected chi connectivity index (χ1v) is 8.05. The SMILES string of the molecule is COc1nccnc1N1CC[C@H](NC(=O)c2ccc3c(c2)OCO3)C1. The first-order valence-electron chi connectivity index (χ1n) is 8.05. The fraction of sp³-hybridized carbons (Fsp3) is 0.353. The minimum Gasteiger partial charge on any atom is -0.478 e. The van der Waals surface area contributed by atoms with Crippen molar-refractivity contribution >= 4 is 11.7 Å². The number of rotatable bonds is 4. The van der Waals surface area contributed by atoms with Gasteiger partial charge >= 0.3 is 0 Å². The monoisotopic (exact) mass is 342 g/mol. The van der Waals surface area contributed by atoms with Crippen molar-refractivity contribution in [2.45, 2.75) is 12.5 Å². The van der Waals surface area contributed by atoms with Gasteiger partial charge in [-0.2, -0.15) is 0 Å². The zero-order valence-electron chi connectivity index (χ0n) is 13.8. The Hall–Kier alpha value is -3.03. The van der Waals surface area contributed by atoms with Crippen LogP contribution in [0.5, 0.6) is 17.4 Å². The molecule has 1 amide bonds. The van der Waals surface area contributed by atoms with Gasteiger partial charge in [0.1, 0.15) is 0 Å². The third-order valence-corrected chi connectivity index (χ3v) is 4.30. The first-order chi connectivity index (χ1) is 12.2. The van der Waals surface area contributed by atoms with Crippen molar-refractivity contribution in [3.63, 3.8) is 0 Å². The minimum absolute atomic E-state index is 0.0321. The third kappa shape index (κ3) is 3.02. The van der Waals surface area contributed by atoms with E-state index in [9.17, 15) is 4.79 Å². The molecule has 0 spiro atoms. The maximum atomic E-state index is 12.5. The van der Waals surface area contributed by atoms with Crippen LogP contribution in [-0.2, 0) is 0 Å². The molecular formula is C17H18N4O4. The Balaban J connectivity index is 1.41. The van der Waals surface area contributed by atoms with E-state index in [-0.39, 0.29) is 18.7 Å². The quantitative estimate of drug-likeness (QED) is 0.894. The highest BCUT2D eigenvalue weighted by Crippen LogP contribution is 2.32. The van der Waals surface area contributed by atoms with Gasteiger partial charge in [-0.3, -0.25) is 4.79 Å². The zero-order valence-corrected chi connectivity index (χ0v) is 13.8. The van der Waals surface area contributed by atoms with Gasteiger partial charge in [-0.15, -0.1) is 0 Å².